The van der Waals surface area contributed by atoms with Crippen molar-refractivity contribution in [2.24, 2.45) is 0 Å². The Balaban J connectivity index is 1.95. The van der Waals surface area contributed by atoms with Gasteiger partial charge in [-0.05, 0) is 30.0 Å². The average Bonchev–Trinajstić information content (AvgIpc) is 2.49. The molecule has 1 heterocycles. The first-order chi connectivity index (χ1) is 9.38. The van der Waals surface area contributed by atoms with Crippen LogP contribution in [0.3, 0.4) is 0 Å². The van der Waals surface area contributed by atoms with Gasteiger partial charge in [0.15, 0.2) is 0 Å². The minimum atomic E-state index is -0.0184. The molecule has 1 aliphatic rings. The van der Waals surface area contributed by atoms with Crippen LogP contribution in [0.25, 0.3) is 0 Å². The summed E-state index contributed by atoms with van der Waals surface area (Å²) in [6, 6.07) is 21.2. The number of rotatable bonds is 2. The lowest BCUT2D eigenvalue weighted by Gasteiger charge is -2.35. The molecule has 0 radical (unpaired) electrons. The number of anilines is 1. The number of hydrogen-bond acceptors (Lipinski definition) is 2. The SMILES string of the molecule is N#CC1CCc2ccccc2N1Cc1ccccc1. The molecule has 0 N–H and O–H groups in total. The van der Waals surface area contributed by atoms with Crippen molar-refractivity contribution >= 4 is 5.69 Å². The summed E-state index contributed by atoms with van der Waals surface area (Å²) in [5.74, 6) is 0. The zero-order chi connectivity index (χ0) is 13.1. The van der Waals surface area contributed by atoms with Gasteiger partial charge in [0.25, 0.3) is 0 Å². The molecule has 0 bridgehead atoms. The lowest BCUT2D eigenvalue weighted by molar-refractivity contribution is 0.610. The Bertz CT molecular complexity index is 598. The van der Waals surface area contributed by atoms with Crippen molar-refractivity contribution in [1.29, 1.82) is 5.26 Å². The topological polar surface area (TPSA) is 27.0 Å². The smallest absolute Gasteiger partial charge is 0.117 e. The first-order valence-electron chi connectivity index (χ1n) is 6.66. The molecule has 0 saturated carbocycles. The lowest BCUT2D eigenvalue weighted by atomic mass is 9.96. The van der Waals surface area contributed by atoms with E-state index in [9.17, 15) is 5.26 Å². The van der Waals surface area contributed by atoms with E-state index >= 15 is 0 Å². The minimum Gasteiger partial charge on any atom is -0.351 e. The van der Waals surface area contributed by atoms with Crippen molar-refractivity contribution in [2.75, 3.05) is 4.90 Å². The standard InChI is InChI=1S/C17H16N2/c18-12-16-11-10-15-8-4-5-9-17(15)19(16)13-14-6-2-1-3-7-14/h1-9,16H,10-11,13H2. The number of fused-ring (bicyclic) bond motifs is 1. The van der Waals surface area contributed by atoms with Crippen molar-refractivity contribution in [3.8, 4) is 6.07 Å². The first-order valence-corrected chi connectivity index (χ1v) is 6.66. The summed E-state index contributed by atoms with van der Waals surface area (Å²) < 4.78 is 0. The number of benzene rings is 2. The van der Waals surface area contributed by atoms with Crippen LogP contribution in [0.15, 0.2) is 54.6 Å². The van der Waals surface area contributed by atoms with Crippen LogP contribution in [0, 0.1) is 11.3 Å². The van der Waals surface area contributed by atoms with Gasteiger partial charge in [0, 0.05) is 12.2 Å². The fraction of sp³-hybridized carbons (Fsp3) is 0.235. The van der Waals surface area contributed by atoms with Gasteiger partial charge in [-0.1, -0.05) is 48.5 Å². The maximum absolute atomic E-state index is 9.37. The highest BCUT2D eigenvalue weighted by Crippen LogP contribution is 2.31. The third kappa shape index (κ3) is 2.32. The predicted molar refractivity (Wildman–Crippen MR) is 76.8 cm³/mol. The van der Waals surface area contributed by atoms with E-state index in [0.717, 1.165) is 19.4 Å². The van der Waals surface area contributed by atoms with Crippen LogP contribution in [0.1, 0.15) is 17.5 Å². The van der Waals surface area contributed by atoms with Crippen molar-refractivity contribution in [1.82, 2.24) is 0 Å². The summed E-state index contributed by atoms with van der Waals surface area (Å²) in [7, 11) is 0. The van der Waals surface area contributed by atoms with Gasteiger partial charge in [-0.3, -0.25) is 0 Å². The van der Waals surface area contributed by atoms with Crippen LogP contribution in [-0.2, 0) is 13.0 Å². The van der Waals surface area contributed by atoms with Gasteiger partial charge in [0.2, 0.25) is 0 Å². The van der Waals surface area contributed by atoms with E-state index in [1.54, 1.807) is 0 Å². The van der Waals surface area contributed by atoms with E-state index in [-0.39, 0.29) is 6.04 Å². The van der Waals surface area contributed by atoms with E-state index in [0.29, 0.717) is 0 Å². The summed E-state index contributed by atoms with van der Waals surface area (Å²) in [4.78, 5) is 2.23. The number of hydrogen-bond donors (Lipinski definition) is 0. The molecule has 1 atom stereocenters. The molecule has 1 aliphatic heterocycles. The first kappa shape index (κ1) is 11.8. The molecule has 3 rings (SSSR count). The second kappa shape index (κ2) is 5.16. The fourth-order valence-electron chi connectivity index (χ4n) is 2.73. The Kier molecular flexibility index (Phi) is 3.20. The molecule has 0 spiro atoms. The highest BCUT2D eigenvalue weighted by Gasteiger charge is 2.25. The molecule has 2 nitrogen and oxygen atoms in total. The summed E-state index contributed by atoms with van der Waals surface area (Å²) in [6.45, 7) is 0.802. The molecule has 2 aromatic rings. The Morgan fingerprint density at radius 2 is 1.79 bits per heavy atom. The van der Waals surface area contributed by atoms with Crippen molar-refractivity contribution in [3.05, 3.63) is 65.7 Å². The van der Waals surface area contributed by atoms with Gasteiger partial charge in [0.05, 0.1) is 6.07 Å². The average molecular weight is 248 g/mol. The highest BCUT2D eigenvalue weighted by atomic mass is 15.2. The Labute approximate surface area is 113 Å². The Morgan fingerprint density at radius 3 is 2.58 bits per heavy atom. The molecule has 1 unspecified atom stereocenters. The van der Waals surface area contributed by atoms with E-state index in [4.69, 9.17) is 0 Å². The zero-order valence-corrected chi connectivity index (χ0v) is 10.8. The van der Waals surface area contributed by atoms with E-state index < -0.39 is 0 Å². The van der Waals surface area contributed by atoms with Crippen LogP contribution in [0.4, 0.5) is 5.69 Å². The predicted octanol–water partition coefficient (Wildman–Crippen LogP) is 3.53. The second-order valence-electron chi connectivity index (χ2n) is 4.93. The molecular formula is C17H16N2. The summed E-state index contributed by atoms with van der Waals surface area (Å²) in [5, 5.41) is 9.37. The van der Waals surface area contributed by atoms with Crippen molar-refractivity contribution < 1.29 is 0 Å². The summed E-state index contributed by atoms with van der Waals surface area (Å²) in [5.41, 5.74) is 3.81. The second-order valence-corrected chi connectivity index (χ2v) is 4.93. The molecule has 0 aliphatic carbocycles. The maximum atomic E-state index is 9.37. The van der Waals surface area contributed by atoms with Crippen molar-refractivity contribution in [3.63, 3.8) is 0 Å². The molecule has 0 aromatic heterocycles. The van der Waals surface area contributed by atoms with Crippen molar-refractivity contribution in [2.45, 2.75) is 25.4 Å². The monoisotopic (exact) mass is 248 g/mol. The number of para-hydroxylation sites is 1. The lowest BCUT2D eigenvalue weighted by Crippen LogP contribution is -2.37. The summed E-state index contributed by atoms with van der Waals surface area (Å²) >= 11 is 0. The molecule has 0 fully saturated rings. The third-order valence-electron chi connectivity index (χ3n) is 3.71. The zero-order valence-electron chi connectivity index (χ0n) is 10.8. The molecular weight excluding hydrogens is 232 g/mol. The minimum absolute atomic E-state index is 0.0184. The summed E-state index contributed by atoms with van der Waals surface area (Å²) in [6.07, 6.45) is 1.92. The van der Waals surface area contributed by atoms with Gasteiger partial charge < -0.3 is 4.90 Å². The number of nitriles is 1. The molecule has 2 aromatic carbocycles. The van der Waals surface area contributed by atoms with Crippen LogP contribution < -0.4 is 4.90 Å². The maximum Gasteiger partial charge on any atom is 0.117 e. The normalized spacial score (nSPS) is 17.6. The van der Waals surface area contributed by atoms with Crippen LogP contribution in [0.2, 0.25) is 0 Å². The largest absolute Gasteiger partial charge is 0.351 e. The van der Waals surface area contributed by atoms with Crippen LogP contribution in [0.5, 0.6) is 0 Å². The van der Waals surface area contributed by atoms with Gasteiger partial charge in [-0.2, -0.15) is 5.26 Å². The molecule has 2 heteroatoms. The van der Waals surface area contributed by atoms with Crippen LogP contribution >= 0.6 is 0 Å². The van der Waals surface area contributed by atoms with Gasteiger partial charge >= 0.3 is 0 Å². The fourth-order valence-corrected chi connectivity index (χ4v) is 2.73. The molecule has 0 saturated heterocycles. The van der Waals surface area contributed by atoms with E-state index in [1.807, 2.05) is 18.2 Å². The quantitative estimate of drug-likeness (QED) is 0.813. The number of aryl methyl sites for hydroxylation is 1. The Hall–Kier alpha value is -2.27. The molecule has 0 amide bonds. The number of nitrogens with zero attached hydrogens (tertiary/aromatic N) is 2. The van der Waals surface area contributed by atoms with E-state index in [1.165, 1.54) is 16.8 Å². The Morgan fingerprint density at radius 1 is 1.05 bits per heavy atom. The van der Waals surface area contributed by atoms with Gasteiger partial charge in [-0.25, -0.2) is 0 Å². The van der Waals surface area contributed by atoms with Gasteiger partial charge in [-0.15, -0.1) is 0 Å². The molecule has 94 valence electrons. The van der Waals surface area contributed by atoms with E-state index in [2.05, 4.69) is 47.4 Å². The van der Waals surface area contributed by atoms with Crippen LogP contribution in [-0.4, -0.2) is 6.04 Å². The van der Waals surface area contributed by atoms with Gasteiger partial charge in [0.1, 0.15) is 6.04 Å². The third-order valence-corrected chi connectivity index (χ3v) is 3.71. The molecule has 19 heavy (non-hydrogen) atoms. The highest BCUT2D eigenvalue weighted by molar-refractivity contribution is 5.58.